The maximum Gasteiger partial charge on any atom is 0.341 e. The van der Waals surface area contributed by atoms with Crippen LogP contribution in [0.5, 0.6) is 11.5 Å². The highest BCUT2D eigenvalue weighted by molar-refractivity contribution is 5.82. The minimum Gasteiger partial charge on any atom is -0.494 e. The molecule has 0 fully saturated rings. The normalized spacial score (nSPS) is 12.1. The second-order valence-electron chi connectivity index (χ2n) is 8.18. The van der Waals surface area contributed by atoms with Crippen molar-refractivity contribution in [1.82, 2.24) is 0 Å². The number of unbranched alkanes of at least 4 members (excludes halogenated alkanes) is 1. The minimum absolute atomic E-state index is 0.312. The maximum absolute atomic E-state index is 10.7. The highest BCUT2D eigenvalue weighted by Crippen LogP contribution is 2.35. The van der Waals surface area contributed by atoms with Crippen molar-refractivity contribution >= 4 is 16.9 Å². The van der Waals surface area contributed by atoms with E-state index in [1.165, 1.54) is 16.5 Å². The number of aryl methyl sites for hydroxylation is 3. The summed E-state index contributed by atoms with van der Waals surface area (Å²) in [6, 6.07) is 11.8. The van der Waals surface area contributed by atoms with E-state index in [-0.39, 0.29) is 6.61 Å². The molecule has 0 saturated carbocycles. The van der Waals surface area contributed by atoms with Crippen molar-refractivity contribution in [2.75, 3.05) is 13.2 Å². The topological polar surface area (TPSA) is 68.9 Å². The number of carbonyl (C=O) groups is 1. The van der Waals surface area contributed by atoms with E-state index in [4.69, 9.17) is 19.0 Å². The molecule has 1 N–H and O–H groups in total. The Morgan fingerprint density at radius 3 is 2.58 bits per heavy atom. The molecule has 3 aromatic rings. The Balaban J connectivity index is 1.68. The zero-order chi connectivity index (χ0) is 22.4. The Morgan fingerprint density at radius 2 is 1.87 bits per heavy atom. The van der Waals surface area contributed by atoms with Crippen molar-refractivity contribution in [2.45, 2.75) is 59.3 Å². The average molecular weight is 425 g/mol. The summed E-state index contributed by atoms with van der Waals surface area (Å²) in [7, 11) is 0. The highest BCUT2D eigenvalue weighted by atomic mass is 16.5. The fourth-order valence-electron chi connectivity index (χ4n) is 3.93. The van der Waals surface area contributed by atoms with Gasteiger partial charge in [0.25, 0.3) is 0 Å². The predicted molar refractivity (Wildman–Crippen MR) is 122 cm³/mol. The van der Waals surface area contributed by atoms with Crippen LogP contribution in [-0.2, 0) is 4.79 Å². The molecule has 1 atom stereocenters. The Hall–Kier alpha value is -2.95. The van der Waals surface area contributed by atoms with Crippen LogP contribution < -0.4 is 9.47 Å². The summed E-state index contributed by atoms with van der Waals surface area (Å²) in [5, 5.41) is 9.96. The number of ether oxygens (including phenoxy) is 2. The second kappa shape index (κ2) is 10.4. The third kappa shape index (κ3) is 5.81. The van der Waals surface area contributed by atoms with Gasteiger partial charge in [0.1, 0.15) is 22.8 Å². The Labute approximate surface area is 184 Å². The zero-order valence-electron chi connectivity index (χ0n) is 18.9. The molecule has 0 aliphatic heterocycles. The van der Waals surface area contributed by atoms with Gasteiger partial charge in [0.05, 0.1) is 6.61 Å². The van der Waals surface area contributed by atoms with Crippen LogP contribution in [0.25, 0.3) is 11.0 Å². The first-order valence-electron chi connectivity index (χ1n) is 11.0. The Kier molecular flexibility index (Phi) is 7.61. The van der Waals surface area contributed by atoms with Gasteiger partial charge in [-0.2, -0.15) is 0 Å². The Morgan fingerprint density at radius 1 is 1.06 bits per heavy atom. The molecule has 3 rings (SSSR count). The lowest BCUT2D eigenvalue weighted by atomic mass is 9.93. The SMILES string of the molecule is CCCCC(CCOc1ccc(OCC(=O)O)c(C)c1)c1oc2cc(C)ccc2c1C. The van der Waals surface area contributed by atoms with Gasteiger partial charge in [-0.15, -0.1) is 0 Å². The van der Waals surface area contributed by atoms with E-state index in [1.54, 1.807) is 6.07 Å². The number of rotatable bonds is 11. The molecule has 166 valence electrons. The number of fused-ring (bicyclic) bond motifs is 1. The van der Waals surface area contributed by atoms with Crippen LogP contribution >= 0.6 is 0 Å². The molecule has 0 saturated heterocycles. The summed E-state index contributed by atoms with van der Waals surface area (Å²) in [5.74, 6) is 1.71. The number of aliphatic carboxylic acids is 1. The van der Waals surface area contributed by atoms with Gasteiger partial charge in [0.2, 0.25) is 0 Å². The molecule has 0 amide bonds. The van der Waals surface area contributed by atoms with E-state index in [0.717, 1.165) is 48.3 Å². The van der Waals surface area contributed by atoms with Gasteiger partial charge in [0, 0.05) is 11.3 Å². The smallest absolute Gasteiger partial charge is 0.341 e. The van der Waals surface area contributed by atoms with Crippen LogP contribution in [0.4, 0.5) is 0 Å². The fraction of sp³-hybridized carbons (Fsp3) is 0.423. The highest BCUT2D eigenvalue weighted by Gasteiger charge is 2.20. The lowest BCUT2D eigenvalue weighted by Crippen LogP contribution is -2.10. The molecule has 0 spiro atoms. The molecule has 5 heteroatoms. The van der Waals surface area contributed by atoms with Crippen molar-refractivity contribution < 1.29 is 23.8 Å². The van der Waals surface area contributed by atoms with Crippen LogP contribution in [0.15, 0.2) is 40.8 Å². The first-order chi connectivity index (χ1) is 14.9. The Bertz CT molecular complexity index is 1030. The van der Waals surface area contributed by atoms with E-state index in [9.17, 15) is 4.79 Å². The molecule has 5 nitrogen and oxygen atoms in total. The minimum atomic E-state index is -0.992. The van der Waals surface area contributed by atoms with Gasteiger partial charge in [-0.1, -0.05) is 31.9 Å². The molecule has 1 heterocycles. The van der Waals surface area contributed by atoms with Crippen LogP contribution in [-0.4, -0.2) is 24.3 Å². The quantitative estimate of drug-likeness (QED) is 0.377. The molecule has 0 aliphatic carbocycles. The first-order valence-corrected chi connectivity index (χ1v) is 11.0. The van der Waals surface area contributed by atoms with Crippen LogP contribution in [0.2, 0.25) is 0 Å². The molecule has 31 heavy (non-hydrogen) atoms. The van der Waals surface area contributed by atoms with E-state index in [1.807, 2.05) is 19.1 Å². The molecule has 0 radical (unpaired) electrons. The van der Waals surface area contributed by atoms with E-state index in [2.05, 4.69) is 39.0 Å². The second-order valence-corrected chi connectivity index (χ2v) is 8.18. The van der Waals surface area contributed by atoms with Gasteiger partial charge >= 0.3 is 5.97 Å². The summed E-state index contributed by atoms with van der Waals surface area (Å²) >= 11 is 0. The van der Waals surface area contributed by atoms with Crippen molar-refractivity contribution in [2.24, 2.45) is 0 Å². The number of furan rings is 1. The third-order valence-corrected chi connectivity index (χ3v) is 5.64. The van der Waals surface area contributed by atoms with E-state index >= 15 is 0 Å². The summed E-state index contributed by atoms with van der Waals surface area (Å²) in [6.07, 6.45) is 4.23. The molecular formula is C26H32O5. The predicted octanol–water partition coefficient (Wildman–Crippen LogP) is 6.56. The monoisotopic (exact) mass is 424 g/mol. The van der Waals surface area contributed by atoms with Gasteiger partial charge in [0.15, 0.2) is 6.61 Å². The molecule has 1 unspecified atom stereocenters. The summed E-state index contributed by atoms with van der Waals surface area (Å²) in [4.78, 5) is 10.7. The van der Waals surface area contributed by atoms with Crippen molar-refractivity contribution in [3.8, 4) is 11.5 Å². The molecule has 0 bridgehead atoms. The number of carboxylic acids is 1. The van der Waals surface area contributed by atoms with Crippen LogP contribution in [0.1, 0.15) is 61.0 Å². The van der Waals surface area contributed by atoms with Crippen molar-refractivity contribution in [1.29, 1.82) is 0 Å². The molecular weight excluding hydrogens is 392 g/mol. The van der Waals surface area contributed by atoms with E-state index < -0.39 is 5.97 Å². The molecule has 0 aliphatic rings. The lowest BCUT2D eigenvalue weighted by Gasteiger charge is -2.16. The lowest BCUT2D eigenvalue weighted by molar-refractivity contribution is -0.139. The van der Waals surface area contributed by atoms with Crippen LogP contribution in [0, 0.1) is 20.8 Å². The van der Waals surface area contributed by atoms with Gasteiger partial charge in [-0.05, 0) is 74.6 Å². The third-order valence-electron chi connectivity index (χ3n) is 5.64. The molecule has 1 aromatic heterocycles. The van der Waals surface area contributed by atoms with Gasteiger partial charge < -0.3 is 19.0 Å². The first kappa shape index (κ1) is 22.7. The van der Waals surface area contributed by atoms with Crippen molar-refractivity contribution in [3.05, 3.63) is 58.8 Å². The number of carboxylic acid groups (broad SMARTS) is 1. The van der Waals surface area contributed by atoms with Crippen molar-refractivity contribution in [3.63, 3.8) is 0 Å². The van der Waals surface area contributed by atoms with E-state index in [0.29, 0.717) is 18.3 Å². The van der Waals surface area contributed by atoms with Gasteiger partial charge in [-0.3, -0.25) is 0 Å². The summed E-state index contributed by atoms with van der Waals surface area (Å²) < 4.78 is 17.6. The summed E-state index contributed by atoms with van der Waals surface area (Å²) in [5.41, 5.74) is 4.24. The fourth-order valence-corrected chi connectivity index (χ4v) is 3.93. The van der Waals surface area contributed by atoms with Crippen LogP contribution in [0.3, 0.4) is 0 Å². The standard InChI is InChI=1S/C26H32O5/c1-5-6-7-20(26-19(4)22-10-8-17(2)14-24(22)31-26)12-13-29-21-9-11-23(18(3)15-21)30-16-25(27)28/h8-11,14-15,20H,5-7,12-13,16H2,1-4H3,(H,27,28). The molecule has 2 aromatic carbocycles. The maximum atomic E-state index is 10.7. The number of hydrogen-bond acceptors (Lipinski definition) is 4. The average Bonchev–Trinajstić information content (AvgIpc) is 3.05. The largest absolute Gasteiger partial charge is 0.494 e. The summed E-state index contributed by atoms with van der Waals surface area (Å²) in [6.45, 7) is 8.55. The zero-order valence-corrected chi connectivity index (χ0v) is 18.9. The number of benzene rings is 2. The number of hydrogen-bond donors (Lipinski definition) is 1. The van der Waals surface area contributed by atoms with Gasteiger partial charge in [-0.25, -0.2) is 4.79 Å².